The molecular formula is C28H21NO7. The Bertz CT molecular complexity index is 1610. The molecule has 0 radical (unpaired) electrons. The zero-order valence-electron chi connectivity index (χ0n) is 19.8. The maximum absolute atomic E-state index is 13.1. The van der Waals surface area contributed by atoms with Crippen molar-refractivity contribution in [3.8, 4) is 28.7 Å². The standard InChI is InChI=1S/C28H21NO7/c1-15-22(36-28(31)16-4-8-23-24(10-16)34-14-33-23)9-6-19-26(30)25(35-27(15)19)11-17-13-29(2)21-7-5-18(32-3)12-20(17)21/h4-13H,14H2,1-3H3/b25-11-. The molecule has 0 aliphatic carbocycles. The number of Topliss-reactive ketones (excluding diaryl/α,β-unsaturated/α-hetero) is 1. The first-order valence-corrected chi connectivity index (χ1v) is 11.3. The van der Waals surface area contributed by atoms with E-state index in [-0.39, 0.29) is 18.3 Å². The third kappa shape index (κ3) is 3.46. The van der Waals surface area contributed by atoms with Crippen LogP contribution in [0.2, 0.25) is 0 Å². The summed E-state index contributed by atoms with van der Waals surface area (Å²) in [7, 11) is 3.55. The van der Waals surface area contributed by atoms with E-state index in [1.54, 1.807) is 50.4 Å². The fraction of sp³-hybridized carbons (Fsp3) is 0.143. The SMILES string of the molecule is COc1ccc2c(c1)c(/C=C1\Oc3c(ccc(OC(=O)c4ccc5c(c4)OCO5)c3C)C1=O)cn2C. The van der Waals surface area contributed by atoms with Crippen LogP contribution in [0, 0.1) is 6.92 Å². The van der Waals surface area contributed by atoms with Gasteiger partial charge in [-0.1, -0.05) is 0 Å². The highest BCUT2D eigenvalue weighted by Crippen LogP contribution is 2.40. The van der Waals surface area contributed by atoms with Gasteiger partial charge in [0.05, 0.1) is 18.2 Å². The number of ketones is 1. The van der Waals surface area contributed by atoms with Crippen LogP contribution >= 0.6 is 0 Å². The Balaban J connectivity index is 1.30. The van der Waals surface area contributed by atoms with Crippen LogP contribution in [-0.2, 0) is 7.05 Å². The lowest BCUT2D eigenvalue weighted by atomic mass is 10.1. The van der Waals surface area contributed by atoms with E-state index >= 15 is 0 Å². The molecule has 8 nitrogen and oxygen atoms in total. The van der Waals surface area contributed by atoms with Gasteiger partial charge in [-0.05, 0) is 61.5 Å². The number of carbonyl (C=O) groups excluding carboxylic acids is 2. The minimum Gasteiger partial charge on any atom is -0.497 e. The minimum atomic E-state index is -0.554. The highest BCUT2D eigenvalue weighted by atomic mass is 16.7. The first-order valence-electron chi connectivity index (χ1n) is 11.3. The Morgan fingerprint density at radius 2 is 1.89 bits per heavy atom. The summed E-state index contributed by atoms with van der Waals surface area (Å²) in [4.78, 5) is 25.9. The number of fused-ring (bicyclic) bond motifs is 3. The Labute approximate surface area is 206 Å². The van der Waals surface area contributed by atoms with E-state index in [1.165, 1.54) is 0 Å². The lowest BCUT2D eigenvalue weighted by Gasteiger charge is -2.10. The number of aromatic nitrogens is 1. The molecule has 3 heterocycles. The summed E-state index contributed by atoms with van der Waals surface area (Å²) in [5.41, 5.74) is 3.12. The molecular weight excluding hydrogens is 462 g/mol. The lowest BCUT2D eigenvalue weighted by molar-refractivity contribution is 0.0732. The summed E-state index contributed by atoms with van der Waals surface area (Å²) in [6.07, 6.45) is 3.66. The first kappa shape index (κ1) is 21.8. The molecule has 0 atom stereocenters. The Morgan fingerprint density at radius 3 is 2.72 bits per heavy atom. The van der Waals surface area contributed by atoms with Crippen molar-refractivity contribution in [1.82, 2.24) is 4.57 Å². The van der Waals surface area contributed by atoms with Crippen molar-refractivity contribution in [2.75, 3.05) is 13.9 Å². The van der Waals surface area contributed by atoms with Gasteiger partial charge in [-0.2, -0.15) is 0 Å². The van der Waals surface area contributed by atoms with E-state index in [9.17, 15) is 9.59 Å². The van der Waals surface area contributed by atoms with Crippen molar-refractivity contribution in [1.29, 1.82) is 0 Å². The Morgan fingerprint density at radius 1 is 1.06 bits per heavy atom. The molecule has 0 bridgehead atoms. The van der Waals surface area contributed by atoms with Crippen molar-refractivity contribution < 1.29 is 33.3 Å². The minimum absolute atomic E-state index is 0.116. The summed E-state index contributed by atoms with van der Waals surface area (Å²) in [6, 6.07) is 13.8. The largest absolute Gasteiger partial charge is 0.497 e. The molecule has 3 aromatic carbocycles. The predicted octanol–water partition coefficient (Wildman–Crippen LogP) is 5.06. The number of allylic oxidation sites excluding steroid dienone is 1. The predicted molar refractivity (Wildman–Crippen MR) is 131 cm³/mol. The van der Waals surface area contributed by atoms with E-state index in [2.05, 4.69) is 0 Å². The van der Waals surface area contributed by atoms with Crippen molar-refractivity contribution in [2.45, 2.75) is 6.92 Å². The number of aryl methyl sites for hydroxylation is 1. The van der Waals surface area contributed by atoms with Gasteiger partial charge in [-0.25, -0.2) is 4.79 Å². The van der Waals surface area contributed by atoms with Crippen molar-refractivity contribution in [3.05, 3.63) is 82.7 Å². The molecule has 2 aliphatic heterocycles. The molecule has 0 saturated carbocycles. The second-order valence-electron chi connectivity index (χ2n) is 8.54. The quantitative estimate of drug-likeness (QED) is 0.228. The first-order chi connectivity index (χ1) is 17.4. The van der Waals surface area contributed by atoms with Crippen molar-refractivity contribution in [3.63, 3.8) is 0 Å². The molecule has 8 heteroatoms. The molecule has 0 unspecified atom stereocenters. The summed E-state index contributed by atoms with van der Waals surface area (Å²) < 4.78 is 29.6. The third-order valence-electron chi connectivity index (χ3n) is 6.36. The normalized spacial score (nSPS) is 14.8. The highest BCUT2D eigenvalue weighted by Gasteiger charge is 2.31. The molecule has 0 fully saturated rings. The van der Waals surface area contributed by atoms with E-state index in [0.29, 0.717) is 39.7 Å². The van der Waals surface area contributed by atoms with Crippen LogP contribution in [0.5, 0.6) is 28.7 Å². The van der Waals surface area contributed by atoms with Crippen LogP contribution in [0.3, 0.4) is 0 Å². The number of rotatable bonds is 4. The number of hydrogen-bond acceptors (Lipinski definition) is 7. The van der Waals surface area contributed by atoms with Crippen LogP contribution in [0.25, 0.3) is 17.0 Å². The molecule has 0 amide bonds. The van der Waals surface area contributed by atoms with Gasteiger partial charge in [0.1, 0.15) is 17.2 Å². The fourth-order valence-electron chi connectivity index (χ4n) is 4.45. The number of methoxy groups -OCH3 is 1. The molecule has 6 rings (SSSR count). The monoisotopic (exact) mass is 483 g/mol. The van der Waals surface area contributed by atoms with Gasteiger partial charge in [0.15, 0.2) is 17.3 Å². The maximum Gasteiger partial charge on any atom is 0.343 e. The van der Waals surface area contributed by atoms with Gasteiger partial charge in [0.25, 0.3) is 0 Å². The van der Waals surface area contributed by atoms with Crippen LogP contribution in [-0.4, -0.2) is 30.2 Å². The maximum atomic E-state index is 13.1. The molecule has 0 saturated heterocycles. The van der Waals surface area contributed by atoms with Gasteiger partial charge in [0, 0.05) is 35.3 Å². The van der Waals surface area contributed by atoms with Crippen molar-refractivity contribution in [2.24, 2.45) is 7.05 Å². The van der Waals surface area contributed by atoms with Gasteiger partial charge in [-0.3, -0.25) is 4.79 Å². The fourth-order valence-corrected chi connectivity index (χ4v) is 4.45. The number of carbonyl (C=O) groups is 2. The number of ether oxygens (including phenoxy) is 5. The van der Waals surface area contributed by atoms with Gasteiger partial charge >= 0.3 is 5.97 Å². The number of nitrogens with zero attached hydrogens (tertiary/aromatic N) is 1. The van der Waals surface area contributed by atoms with Crippen molar-refractivity contribution >= 4 is 28.7 Å². The topological polar surface area (TPSA) is 85.2 Å². The molecule has 36 heavy (non-hydrogen) atoms. The molecule has 4 aromatic rings. The smallest absolute Gasteiger partial charge is 0.343 e. The van der Waals surface area contributed by atoms with Gasteiger partial charge < -0.3 is 28.3 Å². The molecule has 1 aromatic heterocycles. The molecule has 0 N–H and O–H groups in total. The molecule has 180 valence electrons. The number of esters is 1. The van der Waals surface area contributed by atoms with Gasteiger partial charge in [-0.15, -0.1) is 0 Å². The van der Waals surface area contributed by atoms with Crippen LogP contribution in [0.1, 0.15) is 31.8 Å². The third-order valence-corrected chi connectivity index (χ3v) is 6.36. The summed E-state index contributed by atoms with van der Waals surface area (Å²) >= 11 is 0. The molecule has 2 aliphatic rings. The zero-order chi connectivity index (χ0) is 25.0. The van der Waals surface area contributed by atoms with E-state index in [1.807, 2.05) is 36.0 Å². The average molecular weight is 483 g/mol. The second-order valence-corrected chi connectivity index (χ2v) is 8.54. The van der Waals surface area contributed by atoms with E-state index in [0.717, 1.165) is 22.2 Å². The van der Waals surface area contributed by atoms with E-state index in [4.69, 9.17) is 23.7 Å². The number of hydrogen-bond donors (Lipinski definition) is 0. The van der Waals surface area contributed by atoms with E-state index < -0.39 is 5.97 Å². The average Bonchev–Trinajstić information content (AvgIpc) is 3.57. The Hall–Kier alpha value is -4.72. The van der Waals surface area contributed by atoms with Crippen LogP contribution < -0.4 is 23.7 Å². The zero-order valence-corrected chi connectivity index (χ0v) is 19.8. The summed E-state index contributed by atoms with van der Waals surface area (Å²) in [5.74, 6) is 1.88. The number of benzene rings is 3. The summed E-state index contributed by atoms with van der Waals surface area (Å²) in [5, 5.41) is 0.937. The van der Waals surface area contributed by atoms with Crippen LogP contribution in [0.15, 0.2) is 60.5 Å². The Kier molecular flexibility index (Phi) is 4.96. The van der Waals surface area contributed by atoms with Crippen LogP contribution in [0.4, 0.5) is 0 Å². The van der Waals surface area contributed by atoms with Gasteiger partial charge in [0.2, 0.25) is 12.6 Å². The second kappa shape index (κ2) is 8.20. The highest BCUT2D eigenvalue weighted by molar-refractivity contribution is 6.15. The summed E-state index contributed by atoms with van der Waals surface area (Å²) in [6.45, 7) is 1.87. The molecule has 0 spiro atoms. The lowest BCUT2D eigenvalue weighted by Crippen LogP contribution is -2.09.